The van der Waals surface area contributed by atoms with Crippen LogP contribution in [-0.2, 0) is 4.74 Å². The van der Waals surface area contributed by atoms with E-state index in [1.54, 1.807) is 25.1 Å². The average Bonchev–Trinajstić information content (AvgIpc) is 3.30. The van der Waals surface area contributed by atoms with Crippen molar-refractivity contribution in [3.8, 4) is 23.0 Å². The zero-order valence-electron chi connectivity index (χ0n) is 14.3. The van der Waals surface area contributed by atoms with Crippen LogP contribution in [0.2, 0.25) is 0 Å². The second-order valence-electron chi connectivity index (χ2n) is 5.93. The molecule has 0 N–H and O–H groups in total. The van der Waals surface area contributed by atoms with Gasteiger partial charge in [0.15, 0.2) is 17.6 Å². The summed E-state index contributed by atoms with van der Waals surface area (Å²) in [5.41, 5.74) is 2.27. The SMILES string of the molecule is Cc1cccc(-c2nnc(C(C)OC(=O)c3ccc4c(c3)OCO4)o2)c1. The first kappa shape index (κ1) is 16.1. The molecule has 1 unspecified atom stereocenters. The average molecular weight is 352 g/mol. The Morgan fingerprint density at radius 1 is 1.12 bits per heavy atom. The number of nitrogens with zero attached hydrogens (tertiary/aromatic N) is 2. The fourth-order valence-electron chi connectivity index (χ4n) is 2.60. The molecule has 26 heavy (non-hydrogen) atoms. The zero-order valence-corrected chi connectivity index (χ0v) is 14.3. The molecule has 0 spiro atoms. The minimum Gasteiger partial charge on any atom is -0.454 e. The molecule has 1 aliphatic rings. The van der Waals surface area contributed by atoms with Gasteiger partial charge in [-0.25, -0.2) is 4.79 Å². The highest BCUT2D eigenvalue weighted by atomic mass is 16.7. The lowest BCUT2D eigenvalue weighted by molar-refractivity contribution is 0.0279. The van der Waals surface area contributed by atoms with E-state index in [1.165, 1.54) is 0 Å². The fourth-order valence-corrected chi connectivity index (χ4v) is 2.60. The normalized spacial score (nSPS) is 13.5. The second kappa shape index (κ2) is 6.51. The third kappa shape index (κ3) is 3.11. The van der Waals surface area contributed by atoms with Crippen LogP contribution < -0.4 is 9.47 Å². The van der Waals surface area contributed by atoms with E-state index < -0.39 is 12.1 Å². The van der Waals surface area contributed by atoms with E-state index >= 15 is 0 Å². The van der Waals surface area contributed by atoms with E-state index in [1.807, 2.05) is 31.2 Å². The van der Waals surface area contributed by atoms with E-state index in [4.69, 9.17) is 18.6 Å². The maximum absolute atomic E-state index is 12.3. The smallest absolute Gasteiger partial charge is 0.339 e. The summed E-state index contributed by atoms with van der Waals surface area (Å²) in [6.07, 6.45) is -0.681. The Labute approximate surface area is 149 Å². The molecule has 0 bridgehead atoms. The van der Waals surface area contributed by atoms with E-state index in [9.17, 15) is 4.79 Å². The number of hydrogen-bond acceptors (Lipinski definition) is 7. The summed E-state index contributed by atoms with van der Waals surface area (Å²) in [6.45, 7) is 3.81. The Kier molecular flexibility index (Phi) is 4.04. The molecular weight excluding hydrogens is 336 g/mol. The first-order valence-corrected chi connectivity index (χ1v) is 8.11. The van der Waals surface area contributed by atoms with E-state index in [2.05, 4.69) is 10.2 Å². The van der Waals surface area contributed by atoms with Crippen molar-refractivity contribution in [2.24, 2.45) is 0 Å². The lowest BCUT2D eigenvalue weighted by Crippen LogP contribution is -2.09. The van der Waals surface area contributed by atoms with E-state index in [0.717, 1.165) is 11.1 Å². The number of ether oxygens (including phenoxy) is 3. The number of hydrogen-bond donors (Lipinski definition) is 0. The number of rotatable bonds is 4. The molecule has 2 aromatic carbocycles. The minimum absolute atomic E-state index is 0.147. The van der Waals surface area contributed by atoms with Gasteiger partial charge in [0.05, 0.1) is 5.56 Å². The van der Waals surface area contributed by atoms with Crippen LogP contribution >= 0.6 is 0 Å². The molecule has 0 saturated heterocycles. The molecule has 3 aromatic rings. The molecule has 1 aromatic heterocycles. The zero-order chi connectivity index (χ0) is 18.1. The van der Waals surface area contributed by atoms with Crippen LogP contribution in [0.1, 0.15) is 34.8 Å². The molecule has 0 fully saturated rings. The minimum atomic E-state index is -0.681. The van der Waals surface area contributed by atoms with E-state index in [-0.39, 0.29) is 12.7 Å². The number of carbonyl (C=O) groups excluding carboxylic acids is 1. The summed E-state index contributed by atoms with van der Waals surface area (Å²) in [4.78, 5) is 12.3. The van der Waals surface area contributed by atoms with Gasteiger partial charge in [0, 0.05) is 5.56 Å². The van der Waals surface area contributed by atoms with Crippen molar-refractivity contribution in [2.75, 3.05) is 6.79 Å². The lowest BCUT2D eigenvalue weighted by atomic mass is 10.1. The van der Waals surface area contributed by atoms with Crippen LogP contribution in [0.25, 0.3) is 11.5 Å². The largest absolute Gasteiger partial charge is 0.454 e. The van der Waals surface area contributed by atoms with Gasteiger partial charge in [-0.15, -0.1) is 10.2 Å². The van der Waals surface area contributed by atoms with Crippen LogP contribution in [0.4, 0.5) is 0 Å². The number of carbonyl (C=O) groups is 1. The summed E-state index contributed by atoms with van der Waals surface area (Å²) in [5.74, 6) is 1.23. The second-order valence-corrected chi connectivity index (χ2v) is 5.93. The third-order valence-electron chi connectivity index (χ3n) is 3.95. The number of benzene rings is 2. The Bertz CT molecular complexity index is 966. The van der Waals surface area contributed by atoms with Crippen molar-refractivity contribution in [1.29, 1.82) is 0 Å². The van der Waals surface area contributed by atoms with Gasteiger partial charge in [-0.2, -0.15) is 0 Å². The lowest BCUT2D eigenvalue weighted by Gasteiger charge is -2.09. The van der Waals surface area contributed by atoms with Crippen molar-refractivity contribution in [2.45, 2.75) is 20.0 Å². The van der Waals surface area contributed by atoms with Gasteiger partial charge in [-0.05, 0) is 44.2 Å². The maximum Gasteiger partial charge on any atom is 0.339 e. The first-order valence-electron chi connectivity index (χ1n) is 8.11. The van der Waals surface area contributed by atoms with Crippen molar-refractivity contribution in [3.63, 3.8) is 0 Å². The molecule has 132 valence electrons. The topological polar surface area (TPSA) is 83.7 Å². The molecule has 4 rings (SSSR count). The Balaban J connectivity index is 1.48. The van der Waals surface area contributed by atoms with Crippen LogP contribution in [0.5, 0.6) is 11.5 Å². The molecule has 2 heterocycles. The van der Waals surface area contributed by atoms with Gasteiger partial charge in [-0.3, -0.25) is 0 Å². The molecule has 1 atom stereocenters. The van der Waals surface area contributed by atoms with Crippen molar-refractivity contribution in [3.05, 3.63) is 59.5 Å². The molecular formula is C19H16N2O5. The summed E-state index contributed by atoms with van der Waals surface area (Å²) in [6, 6.07) is 12.6. The van der Waals surface area contributed by atoms with Crippen molar-refractivity contribution >= 4 is 5.97 Å². The molecule has 0 amide bonds. The summed E-state index contributed by atoms with van der Waals surface area (Å²) >= 11 is 0. The first-order chi connectivity index (χ1) is 12.6. The molecule has 1 aliphatic heterocycles. The highest BCUT2D eigenvalue weighted by molar-refractivity contribution is 5.90. The van der Waals surface area contributed by atoms with Gasteiger partial charge >= 0.3 is 5.97 Å². The van der Waals surface area contributed by atoms with Gasteiger partial charge in [0.2, 0.25) is 12.7 Å². The standard InChI is InChI=1S/C19H16N2O5/c1-11-4-3-5-13(8-11)18-21-20-17(26-18)12(2)25-19(22)14-6-7-15-16(9-14)24-10-23-15/h3-9,12H,10H2,1-2H3. The Morgan fingerprint density at radius 3 is 2.81 bits per heavy atom. The Hall–Kier alpha value is -3.35. The van der Waals surface area contributed by atoms with Crippen LogP contribution in [0.3, 0.4) is 0 Å². The molecule has 0 radical (unpaired) electrons. The monoisotopic (exact) mass is 352 g/mol. The quantitative estimate of drug-likeness (QED) is 0.662. The molecule has 7 heteroatoms. The third-order valence-corrected chi connectivity index (χ3v) is 3.95. The van der Waals surface area contributed by atoms with Crippen molar-refractivity contribution in [1.82, 2.24) is 10.2 Å². The number of aryl methyl sites for hydroxylation is 1. The predicted molar refractivity (Wildman–Crippen MR) is 90.9 cm³/mol. The number of esters is 1. The molecule has 0 saturated carbocycles. The maximum atomic E-state index is 12.3. The summed E-state index contributed by atoms with van der Waals surface area (Å²) in [5, 5.41) is 8.02. The van der Waals surface area contributed by atoms with Crippen LogP contribution in [-0.4, -0.2) is 23.0 Å². The highest BCUT2D eigenvalue weighted by Crippen LogP contribution is 2.33. The van der Waals surface area contributed by atoms with Gasteiger partial charge in [-0.1, -0.05) is 17.7 Å². The van der Waals surface area contributed by atoms with Crippen LogP contribution in [0.15, 0.2) is 46.9 Å². The highest BCUT2D eigenvalue weighted by Gasteiger charge is 2.22. The fraction of sp³-hybridized carbons (Fsp3) is 0.211. The summed E-state index contributed by atoms with van der Waals surface area (Å²) in [7, 11) is 0. The summed E-state index contributed by atoms with van der Waals surface area (Å²) < 4.78 is 21.6. The molecule has 7 nitrogen and oxygen atoms in total. The van der Waals surface area contributed by atoms with E-state index in [0.29, 0.717) is 23.0 Å². The Morgan fingerprint density at radius 2 is 1.96 bits per heavy atom. The van der Waals surface area contributed by atoms with Gasteiger partial charge in [0.1, 0.15) is 0 Å². The van der Waals surface area contributed by atoms with Gasteiger partial charge in [0.25, 0.3) is 5.89 Å². The van der Waals surface area contributed by atoms with Gasteiger partial charge < -0.3 is 18.6 Å². The van der Waals surface area contributed by atoms with Crippen molar-refractivity contribution < 1.29 is 23.4 Å². The number of aromatic nitrogens is 2. The van der Waals surface area contributed by atoms with Crippen LogP contribution in [0, 0.1) is 6.92 Å². The molecule has 0 aliphatic carbocycles. The number of fused-ring (bicyclic) bond motifs is 1. The predicted octanol–water partition coefficient (Wildman–Crippen LogP) is 3.69.